The second-order valence-corrected chi connectivity index (χ2v) is 4.70. The first-order chi connectivity index (χ1) is 7.58. The highest BCUT2D eigenvalue weighted by atomic mass is 35.5. The van der Waals surface area contributed by atoms with Crippen molar-refractivity contribution in [2.24, 2.45) is 7.05 Å². The average molecular weight is 278 g/mol. The van der Waals surface area contributed by atoms with E-state index in [2.05, 4.69) is 12.2 Å². The molecule has 1 amide bonds. The third kappa shape index (κ3) is 3.15. The number of nitrogens with zero attached hydrogens (tertiary/aromatic N) is 2. The van der Waals surface area contributed by atoms with Gasteiger partial charge in [0.25, 0.3) is 5.91 Å². The zero-order valence-corrected chi connectivity index (χ0v) is 11.5. The van der Waals surface area contributed by atoms with Crippen molar-refractivity contribution < 1.29 is 4.79 Å². The van der Waals surface area contributed by atoms with Gasteiger partial charge in [-0.25, -0.2) is 0 Å². The smallest absolute Gasteiger partial charge is 0.270 e. The molecule has 6 heteroatoms. The molecule has 0 aliphatic carbocycles. The minimum Gasteiger partial charge on any atom is -0.345 e. The number of carbonyl (C=O) groups excluding carboxylic acids is 1. The molecule has 1 aromatic heterocycles. The fraction of sp³-hybridized carbons (Fsp3) is 0.545. The molecule has 1 fully saturated rings. The number of aryl methyl sites for hydroxylation is 1. The van der Waals surface area contributed by atoms with Gasteiger partial charge in [-0.1, -0.05) is 11.6 Å². The number of hydrogen-bond donors (Lipinski definition) is 1. The predicted octanol–water partition coefficient (Wildman–Crippen LogP) is 1.53. The van der Waals surface area contributed by atoms with Crippen molar-refractivity contribution in [2.45, 2.75) is 13.0 Å². The van der Waals surface area contributed by atoms with Gasteiger partial charge in [0.1, 0.15) is 5.69 Å². The first-order valence-corrected chi connectivity index (χ1v) is 5.80. The van der Waals surface area contributed by atoms with Gasteiger partial charge in [0, 0.05) is 38.9 Å². The zero-order valence-electron chi connectivity index (χ0n) is 9.94. The Balaban J connectivity index is 0.00000144. The molecular weight excluding hydrogens is 261 g/mol. The van der Waals surface area contributed by atoms with Gasteiger partial charge < -0.3 is 14.8 Å². The summed E-state index contributed by atoms with van der Waals surface area (Å²) in [6.07, 6.45) is 1.75. The Hall–Kier alpha value is -0.710. The van der Waals surface area contributed by atoms with Gasteiger partial charge in [-0.05, 0) is 13.0 Å². The largest absolute Gasteiger partial charge is 0.345 e. The molecule has 2 rings (SSSR count). The van der Waals surface area contributed by atoms with Crippen LogP contribution in [0.2, 0.25) is 5.02 Å². The van der Waals surface area contributed by atoms with Crippen LogP contribution in [0.4, 0.5) is 0 Å². The van der Waals surface area contributed by atoms with Crippen LogP contribution in [0.5, 0.6) is 0 Å². The number of hydrogen-bond acceptors (Lipinski definition) is 2. The van der Waals surface area contributed by atoms with E-state index >= 15 is 0 Å². The fourth-order valence-electron chi connectivity index (χ4n) is 2.02. The molecular formula is C11H17Cl2N3O. The Morgan fingerprint density at radius 2 is 2.29 bits per heavy atom. The maximum Gasteiger partial charge on any atom is 0.270 e. The van der Waals surface area contributed by atoms with Crippen LogP contribution in [-0.2, 0) is 7.05 Å². The number of amides is 1. The minimum atomic E-state index is 0. The molecule has 1 aromatic rings. The summed E-state index contributed by atoms with van der Waals surface area (Å²) in [5.74, 6) is 0.0581. The van der Waals surface area contributed by atoms with E-state index in [1.54, 1.807) is 16.8 Å². The monoisotopic (exact) mass is 277 g/mol. The molecule has 1 saturated heterocycles. The van der Waals surface area contributed by atoms with Gasteiger partial charge >= 0.3 is 0 Å². The third-order valence-electron chi connectivity index (χ3n) is 2.85. The topological polar surface area (TPSA) is 37.3 Å². The summed E-state index contributed by atoms with van der Waals surface area (Å²) in [6.45, 7) is 4.44. The van der Waals surface area contributed by atoms with Crippen molar-refractivity contribution in [3.63, 3.8) is 0 Å². The highest BCUT2D eigenvalue weighted by molar-refractivity contribution is 6.31. The second kappa shape index (κ2) is 5.76. The van der Waals surface area contributed by atoms with Crippen LogP contribution in [0.3, 0.4) is 0 Å². The first-order valence-electron chi connectivity index (χ1n) is 5.42. The number of halogens is 2. The van der Waals surface area contributed by atoms with Crippen molar-refractivity contribution in [2.75, 3.05) is 19.6 Å². The van der Waals surface area contributed by atoms with E-state index in [-0.39, 0.29) is 18.3 Å². The van der Waals surface area contributed by atoms with Crippen LogP contribution in [0.25, 0.3) is 0 Å². The van der Waals surface area contributed by atoms with Crippen LogP contribution in [-0.4, -0.2) is 41.1 Å². The number of aromatic nitrogens is 1. The van der Waals surface area contributed by atoms with E-state index in [4.69, 9.17) is 11.6 Å². The molecule has 0 bridgehead atoms. The van der Waals surface area contributed by atoms with E-state index in [9.17, 15) is 4.79 Å². The van der Waals surface area contributed by atoms with E-state index in [1.807, 2.05) is 11.9 Å². The van der Waals surface area contributed by atoms with Crippen molar-refractivity contribution in [3.05, 3.63) is 23.0 Å². The molecule has 1 atom stereocenters. The maximum absolute atomic E-state index is 12.2. The first kappa shape index (κ1) is 14.4. The third-order valence-corrected chi connectivity index (χ3v) is 3.05. The van der Waals surface area contributed by atoms with Crippen LogP contribution in [0.1, 0.15) is 17.4 Å². The molecule has 2 heterocycles. The van der Waals surface area contributed by atoms with E-state index in [1.165, 1.54) is 0 Å². The van der Waals surface area contributed by atoms with Crippen LogP contribution in [0.15, 0.2) is 12.3 Å². The van der Waals surface area contributed by atoms with Gasteiger partial charge in [0.2, 0.25) is 0 Å². The van der Waals surface area contributed by atoms with E-state index in [0.717, 1.165) is 19.6 Å². The summed E-state index contributed by atoms with van der Waals surface area (Å²) in [4.78, 5) is 14.1. The number of carbonyl (C=O) groups is 1. The molecule has 1 N–H and O–H groups in total. The lowest BCUT2D eigenvalue weighted by molar-refractivity contribution is 0.0699. The fourth-order valence-corrected chi connectivity index (χ4v) is 2.27. The molecule has 4 nitrogen and oxygen atoms in total. The highest BCUT2D eigenvalue weighted by Gasteiger charge is 2.23. The van der Waals surface area contributed by atoms with Gasteiger partial charge in [0.05, 0.1) is 5.02 Å². The summed E-state index contributed by atoms with van der Waals surface area (Å²) in [5, 5.41) is 3.92. The molecule has 1 unspecified atom stereocenters. The summed E-state index contributed by atoms with van der Waals surface area (Å²) in [5.41, 5.74) is 0.652. The second-order valence-electron chi connectivity index (χ2n) is 4.26. The molecule has 0 saturated carbocycles. The Bertz CT molecular complexity index is 405. The Morgan fingerprint density at radius 1 is 1.59 bits per heavy atom. The standard InChI is InChI=1S/C11H16ClN3O.ClH/c1-8-6-15(4-3-13-8)11(16)10-5-9(12)7-14(10)2;/h5,7-8,13H,3-4,6H2,1-2H3;1H. The molecule has 17 heavy (non-hydrogen) atoms. The molecule has 0 aromatic carbocycles. The van der Waals surface area contributed by atoms with Crippen molar-refractivity contribution in [1.29, 1.82) is 0 Å². The summed E-state index contributed by atoms with van der Waals surface area (Å²) in [7, 11) is 1.84. The Morgan fingerprint density at radius 3 is 2.82 bits per heavy atom. The number of piperazine rings is 1. The van der Waals surface area contributed by atoms with Crippen LogP contribution >= 0.6 is 24.0 Å². The molecule has 1 aliphatic heterocycles. The molecule has 1 aliphatic rings. The normalized spacial score (nSPS) is 19.9. The molecule has 0 radical (unpaired) electrons. The predicted molar refractivity (Wildman–Crippen MR) is 71.0 cm³/mol. The number of rotatable bonds is 1. The van der Waals surface area contributed by atoms with Crippen LogP contribution < -0.4 is 5.32 Å². The average Bonchev–Trinajstić information content (AvgIpc) is 2.57. The lowest BCUT2D eigenvalue weighted by Crippen LogP contribution is -2.51. The highest BCUT2D eigenvalue weighted by Crippen LogP contribution is 2.15. The maximum atomic E-state index is 12.2. The lowest BCUT2D eigenvalue weighted by Gasteiger charge is -2.31. The quantitative estimate of drug-likeness (QED) is 0.846. The summed E-state index contributed by atoms with van der Waals surface area (Å²) in [6, 6.07) is 2.07. The SMILES string of the molecule is CC1CN(C(=O)c2cc(Cl)cn2C)CCN1.Cl. The van der Waals surface area contributed by atoms with Crippen molar-refractivity contribution >= 4 is 29.9 Å². The van der Waals surface area contributed by atoms with E-state index < -0.39 is 0 Å². The molecule has 0 spiro atoms. The van der Waals surface area contributed by atoms with E-state index in [0.29, 0.717) is 16.8 Å². The number of nitrogens with one attached hydrogen (secondary N) is 1. The zero-order chi connectivity index (χ0) is 11.7. The Labute approximate surface area is 112 Å². The Kier molecular flexibility index (Phi) is 4.86. The summed E-state index contributed by atoms with van der Waals surface area (Å²) < 4.78 is 1.78. The van der Waals surface area contributed by atoms with Gasteiger partial charge in [-0.3, -0.25) is 4.79 Å². The summed E-state index contributed by atoms with van der Waals surface area (Å²) >= 11 is 5.87. The van der Waals surface area contributed by atoms with Gasteiger partial charge in [-0.15, -0.1) is 12.4 Å². The minimum absolute atomic E-state index is 0. The lowest BCUT2D eigenvalue weighted by atomic mass is 10.2. The van der Waals surface area contributed by atoms with Gasteiger partial charge in [-0.2, -0.15) is 0 Å². The van der Waals surface area contributed by atoms with Crippen molar-refractivity contribution in [3.8, 4) is 0 Å². The van der Waals surface area contributed by atoms with Gasteiger partial charge in [0.15, 0.2) is 0 Å². The van der Waals surface area contributed by atoms with Crippen LogP contribution in [0, 0.1) is 0 Å². The molecule has 96 valence electrons. The van der Waals surface area contributed by atoms with Crippen molar-refractivity contribution in [1.82, 2.24) is 14.8 Å².